The van der Waals surface area contributed by atoms with Gasteiger partial charge in [-0.05, 0) is 50.9 Å². The highest BCUT2D eigenvalue weighted by Gasteiger charge is 2.11. The number of methoxy groups -OCH3 is 1. The van der Waals surface area contributed by atoms with Crippen molar-refractivity contribution in [2.45, 2.75) is 33.2 Å². The van der Waals surface area contributed by atoms with Crippen molar-refractivity contribution < 1.29 is 4.74 Å². The van der Waals surface area contributed by atoms with Crippen molar-refractivity contribution in [2.75, 3.05) is 13.7 Å². The molecule has 0 aliphatic heterocycles. The first-order valence-electron chi connectivity index (χ1n) is 7.54. The third-order valence-electron chi connectivity index (χ3n) is 3.96. The van der Waals surface area contributed by atoms with Gasteiger partial charge in [0.15, 0.2) is 0 Å². The molecule has 112 valence electrons. The fourth-order valence-electron chi connectivity index (χ4n) is 2.62. The van der Waals surface area contributed by atoms with Crippen LogP contribution in [0, 0.1) is 13.8 Å². The van der Waals surface area contributed by atoms with Gasteiger partial charge in [-0.25, -0.2) is 0 Å². The van der Waals surface area contributed by atoms with E-state index in [1.165, 1.54) is 22.3 Å². The molecular formula is C19H25NO. The van der Waals surface area contributed by atoms with E-state index in [0.29, 0.717) is 0 Å². The molecule has 1 unspecified atom stereocenters. The fraction of sp³-hybridized carbons (Fsp3) is 0.368. The van der Waals surface area contributed by atoms with Crippen molar-refractivity contribution in [1.82, 2.24) is 5.32 Å². The van der Waals surface area contributed by atoms with Gasteiger partial charge in [-0.15, -0.1) is 0 Å². The molecule has 0 aliphatic carbocycles. The summed E-state index contributed by atoms with van der Waals surface area (Å²) < 4.78 is 5.47. The topological polar surface area (TPSA) is 21.3 Å². The van der Waals surface area contributed by atoms with Crippen LogP contribution < -0.4 is 10.1 Å². The second-order valence-electron chi connectivity index (χ2n) is 5.60. The van der Waals surface area contributed by atoms with E-state index in [2.05, 4.69) is 62.5 Å². The van der Waals surface area contributed by atoms with E-state index >= 15 is 0 Å². The Hall–Kier alpha value is -1.80. The van der Waals surface area contributed by atoms with E-state index in [4.69, 9.17) is 4.74 Å². The van der Waals surface area contributed by atoms with Crippen LogP contribution in [0.15, 0.2) is 42.5 Å². The molecule has 2 heteroatoms. The fourth-order valence-corrected chi connectivity index (χ4v) is 2.62. The van der Waals surface area contributed by atoms with Gasteiger partial charge in [0, 0.05) is 11.6 Å². The van der Waals surface area contributed by atoms with Gasteiger partial charge in [0.2, 0.25) is 0 Å². The Kier molecular flexibility index (Phi) is 5.40. The van der Waals surface area contributed by atoms with Gasteiger partial charge in [-0.2, -0.15) is 0 Å². The van der Waals surface area contributed by atoms with Gasteiger partial charge in [0.1, 0.15) is 5.75 Å². The lowest BCUT2D eigenvalue weighted by Gasteiger charge is -2.18. The van der Waals surface area contributed by atoms with Gasteiger partial charge >= 0.3 is 0 Å². The van der Waals surface area contributed by atoms with Crippen LogP contribution in [0.3, 0.4) is 0 Å². The Bertz CT molecular complexity index is 592. The molecule has 0 fully saturated rings. The van der Waals surface area contributed by atoms with Crippen molar-refractivity contribution in [2.24, 2.45) is 0 Å². The Morgan fingerprint density at radius 2 is 1.86 bits per heavy atom. The maximum Gasteiger partial charge on any atom is 0.123 e. The SMILES string of the molecule is COc1ccc(C)cc1C(C)NCCc1ccccc1C. The van der Waals surface area contributed by atoms with Crippen molar-refractivity contribution >= 4 is 0 Å². The summed E-state index contributed by atoms with van der Waals surface area (Å²) in [4.78, 5) is 0. The summed E-state index contributed by atoms with van der Waals surface area (Å²) in [6.07, 6.45) is 1.05. The molecule has 2 rings (SSSR count). The summed E-state index contributed by atoms with van der Waals surface area (Å²) in [5.41, 5.74) is 5.26. The van der Waals surface area contributed by atoms with Gasteiger partial charge in [0.25, 0.3) is 0 Å². The van der Waals surface area contributed by atoms with Gasteiger partial charge in [-0.3, -0.25) is 0 Å². The molecule has 0 saturated heterocycles. The predicted molar refractivity (Wildman–Crippen MR) is 89.0 cm³/mol. The molecule has 0 saturated carbocycles. The highest BCUT2D eigenvalue weighted by atomic mass is 16.5. The lowest BCUT2D eigenvalue weighted by atomic mass is 10.0. The monoisotopic (exact) mass is 283 g/mol. The normalized spacial score (nSPS) is 12.2. The molecule has 21 heavy (non-hydrogen) atoms. The van der Waals surface area contributed by atoms with Crippen molar-refractivity contribution in [1.29, 1.82) is 0 Å². The molecule has 0 heterocycles. The maximum absolute atomic E-state index is 5.47. The van der Waals surface area contributed by atoms with Crippen LogP contribution in [-0.2, 0) is 6.42 Å². The quantitative estimate of drug-likeness (QED) is 0.857. The minimum Gasteiger partial charge on any atom is -0.496 e. The van der Waals surface area contributed by atoms with E-state index in [1.807, 2.05) is 6.07 Å². The smallest absolute Gasteiger partial charge is 0.123 e. The molecule has 0 amide bonds. The lowest BCUT2D eigenvalue weighted by molar-refractivity contribution is 0.401. The Morgan fingerprint density at radius 1 is 1.10 bits per heavy atom. The largest absolute Gasteiger partial charge is 0.496 e. The first kappa shape index (κ1) is 15.6. The summed E-state index contributed by atoms with van der Waals surface area (Å²) >= 11 is 0. The molecular weight excluding hydrogens is 258 g/mol. The number of hydrogen-bond donors (Lipinski definition) is 1. The van der Waals surface area contributed by atoms with Crippen LogP contribution in [-0.4, -0.2) is 13.7 Å². The lowest BCUT2D eigenvalue weighted by Crippen LogP contribution is -2.22. The van der Waals surface area contributed by atoms with Gasteiger partial charge < -0.3 is 10.1 Å². The number of ether oxygens (including phenoxy) is 1. The zero-order valence-corrected chi connectivity index (χ0v) is 13.4. The summed E-state index contributed by atoms with van der Waals surface area (Å²) in [5, 5.41) is 3.60. The zero-order chi connectivity index (χ0) is 15.2. The zero-order valence-electron chi connectivity index (χ0n) is 13.4. The molecule has 2 nitrogen and oxygen atoms in total. The molecule has 0 bridgehead atoms. The van der Waals surface area contributed by atoms with Crippen LogP contribution in [0.4, 0.5) is 0 Å². The average molecular weight is 283 g/mol. The molecule has 1 atom stereocenters. The minimum absolute atomic E-state index is 0.281. The van der Waals surface area contributed by atoms with E-state index in [-0.39, 0.29) is 6.04 Å². The highest BCUT2D eigenvalue weighted by Crippen LogP contribution is 2.26. The second kappa shape index (κ2) is 7.28. The van der Waals surface area contributed by atoms with Gasteiger partial charge in [0.05, 0.1) is 7.11 Å². The third-order valence-corrected chi connectivity index (χ3v) is 3.96. The molecule has 2 aromatic rings. The van der Waals surface area contributed by atoms with Crippen molar-refractivity contribution in [3.8, 4) is 5.75 Å². The Morgan fingerprint density at radius 3 is 2.57 bits per heavy atom. The van der Waals surface area contributed by atoms with Crippen LogP contribution in [0.5, 0.6) is 5.75 Å². The summed E-state index contributed by atoms with van der Waals surface area (Å²) in [5.74, 6) is 0.955. The van der Waals surface area contributed by atoms with E-state index in [1.54, 1.807) is 7.11 Å². The number of rotatable bonds is 6. The van der Waals surface area contributed by atoms with E-state index in [9.17, 15) is 0 Å². The molecule has 0 aliphatic rings. The third kappa shape index (κ3) is 4.08. The average Bonchev–Trinajstić information content (AvgIpc) is 2.49. The highest BCUT2D eigenvalue weighted by molar-refractivity contribution is 5.38. The van der Waals surface area contributed by atoms with Crippen LogP contribution in [0.25, 0.3) is 0 Å². The Balaban J connectivity index is 1.97. The molecule has 0 spiro atoms. The van der Waals surface area contributed by atoms with Crippen molar-refractivity contribution in [3.05, 3.63) is 64.7 Å². The Labute approximate surface area is 128 Å². The first-order chi connectivity index (χ1) is 10.1. The standard InChI is InChI=1S/C19H25NO/c1-14-9-10-19(21-4)18(13-14)16(3)20-12-11-17-8-6-5-7-15(17)2/h5-10,13,16,20H,11-12H2,1-4H3. The van der Waals surface area contributed by atoms with Crippen LogP contribution in [0.1, 0.15) is 35.2 Å². The number of nitrogens with one attached hydrogen (secondary N) is 1. The minimum atomic E-state index is 0.281. The molecule has 1 N–H and O–H groups in total. The summed E-state index contributed by atoms with van der Waals surface area (Å²) in [6.45, 7) is 7.43. The maximum atomic E-state index is 5.47. The van der Waals surface area contributed by atoms with Crippen molar-refractivity contribution in [3.63, 3.8) is 0 Å². The van der Waals surface area contributed by atoms with Crippen LogP contribution in [0.2, 0.25) is 0 Å². The van der Waals surface area contributed by atoms with Crippen LogP contribution >= 0.6 is 0 Å². The molecule has 2 aromatic carbocycles. The van der Waals surface area contributed by atoms with E-state index < -0.39 is 0 Å². The number of hydrogen-bond acceptors (Lipinski definition) is 2. The number of benzene rings is 2. The summed E-state index contributed by atoms with van der Waals surface area (Å²) in [7, 11) is 1.73. The molecule has 0 radical (unpaired) electrons. The summed E-state index contributed by atoms with van der Waals surface area (Å²) in [6, 6.07) is 15.2. The second-order valence-corrected chi connectivity index (χ2v) is 5.60. The number of aryl methyl sites for hydroxylation is 2. The predicted octanol–water partition coefficient (Wildman–Crippen LogP) is 4.21. The molecule has 0 aromatic heterocycles. The van der Waals surface area contributed by atoms with E-state index in [0.717, 1.165) is 18.7 Å². The van der Waals surface area contributed by atoms with Gasteiger partial charge in [-0.1, -0.05) is 42.0 Å². The first-order valence-corrected chi connectivity index (χ1v) is 7.54.